The van der Waals surface area contributed by atoms with Crippen LogP contribution in [0.2, 0.25) is 0 Å². The van der Waals surface area contributed by atoms with Gasteiger partial charge in [-0.15, -0.1) is 0 Å². The van der Waals surface area contributed by atoms with Gasteiger partial charge in [-0.1, -0.05) is 43.7 Å². The highest BCUT2D eigenvalue weighted by atomic mass is 16.3. The van der Waals surface area contributed by atoms with Crippen molar-refractivity contribution in [1.82, 2.24) is 5.32 Å². The van der Waals surface area contributed by atoms with E-state index in [4.69, 9.17) is 0 Å². The van der Waals surface area contributed by atoms with E-state index in [2.05, 4.69) is 12.2 Å². The Morgan fingerprint density at radius 1 is 1.33 bits per heavy atom. The van der Waals surface area contributed by atoms with Crippen molar-refractivity contribution in [2.24, 2.45) is 5.92 Å². The van der Waals surface area contributed by atoms with Crippen LogP contribution in [0.4, 0.5) is 0 Å². The number of carbonyl (C=O) groups excluding carboxylic acids is 1. The molecule has 1 amide bonds. The van der Waals surface area contributed by atoms with E-state index in [1.807, 2.05) is 30.3 Å². The lowest BCUT2D eigenvalue weighted by Crippen LogP contribution is -2.45. The van der Waals surface area contributed by atoms with Crippen LogP contribution in [0.1, 0.15) is 44.6 Å². The Hall–Kier alpha value is -1.61. The minimum Gasteiger partial charge on any atom is -0.388 e. The Morgan fingerprint density at radius 3 is 2.62 bits per heavy atom. The molecule has 0 heterocycles. The number of hydrogen-bond acceptors (Lipinski definition) is 2. The van der Waals surface area contributed by atoms with Gasteiger partial charge in [-0.05, 0) is 43.2 Å². The summed E-state index contributed by atoms with van der Waals surface area (Å²) in [5, 5.41) is 13.3. The van der Waals surface area contributed by atoms with E-state index in [0.717, 1.165) is 37.2 Å². The van der Waals surface area contributed by atoms with Crippen LogP contribution in [0, 0.1) is 5.92 Å². The Morgan fingerprint density at radius 2 is 2.00 bits per heavy atom. The molecule has 0 atom stereocenters. The fourth-order valence-electron chi connectivity index (χ4n) is 2.85. The normalized spacial score (nSPS) is 25.9. The van der Waals surface area contributed by atoms with Crippen LogP contribution in [-0.2, 0) is 4.79 Å². The molecule has 0 aliphatic heterocycles. The van der Waals surface area contributed by atoms with Crippen molar-refractivity contribution in [1.29, 1.82) is 0 Å². The third-order valence-electron chi connectivity index (χ3n) is 4.43. The summed E-state index contributed by atoms with van der Waals surface area (Å²) in [6.45, 7) is 2.55. The Balaban J connectivity index is 1.77. The van der Waals surface area contributed by atoms with Gasteiger partial charge in [0.25, 0.3) is 0 Å². The van der Waals surface area contributed by atoms with Gasteiger partial charge >= 0.3 is 0 Å². The molecule has 2 N–H and O–H groups in total. The van der Waals surface area contributed by atoms with Crippen molar-refractivity contribution < 1.29 is 9.90 Å². The van der Waals surface area contributed by atoms with E-state index >= 15 is 0 Å². The average molecular weight is 287 g/mol. The monoisotopic (exact) mass is 287 g/mol. The van der Waals surface area contributed by atoms with Gasteiger partial charge in [0.2, 0.25) is 5.91 Å². The summed E-state index contributed by atoms with van der Waals surface area (Å²) in [5.74, 6) is 0.587. The van der Waals surface area contributed by atoms with Crippen LogP contribution >= 0.6 is 0 Å². The lowest BCUT2D eigenvalue weighted by molar-refractivity contribution is -0.118. The summed E-state index contributed by atoms with van der Waals surface area (Å²) < 4.78 is 0. The summed E-state index contributed by atoms with van der Waals surface area (Å²) in [6.07, 6.45) is 8.18. The minimum absolute atomic E-state index is 0.148. The van der Waals surface area contributed by atoms with Crippen molar-refractivity contribution >= 4 is 12.0 Å². The van der Waals surface area contributed by atoms with Crippen LogP contribution in [0.5, 0.6) is 0 Å². The summed E-state index contributed by atoms with van der Waals surface area (Å²) >= 11 is 0. The quantitative estimate of drug-likeness (QED) is 0.817. The molecule has 1 aliphatic carbocycles. The summed E-state index contributed by atoms with van der Waals surface area (Å²) in [6, 6.07) is 9.71. The molecule has 0 spiro atoms. The molecular formula is C18H25NO2. The van der Waals surface area contributed by atoms with Crippen molar-refractivity contribution in [2.45, 2.75) is 44.6 Å². The molecule has 2 rings (SSSR count). The standard InChI is InChI=1S/C18H25NO2/c1-2-15-10-12-18(21,13-11-15)14-19-17(20)9-8-16-6-4-3-5-7-16/h3-9,15,21H,2,10-14H2,1H3,(H,19,20). The summed E-state index contributed by atoms with van der Waals surface area (Å²) in [7, 11) is 0. The lowest BCUT2D eigenvalue weighted by atomic mass is 9.78. The Bertz CT molecular complexity index is 473. The van der Waals surface area contributed by atoms with Crippen LogP contribution < -0.4 is 5.32 Å². The van der Waals surface area contributed by atoms with Gasteiger partial charge in [-0.3, -0.25) is 4.79 Å². The molecule has 1 fully saturated rings. The molecule has 1 saturated carbocycles. The van der Waals surface area contributed by atoms with Crippen molar-refractivity contribution in [3.8, 4) is 0 Å². The molecule has 0 saturated heterocycles. The second kappa shape index (κ2) is 7.41. The highest BCUT2D eigenvalue weighted by molar-refractivity contribution is 5.91. The predicted molar refractivity (Wildman–Crippen MR) is 85.7 cm³/mol. The number of benzene rings is 1. The molecule has 1 aromatic rings. The molecule has 0 bridgehead atoms. The van der Waals surface area contributed by atoms with E-state index < -0.39 is 5.60 Å². The first-order chi connectivity index (χ1) is 10.1. The van der Waals surface area contributed by atoms with Crippen LogP contribution in [-0.4, -0.2) is 23.2 Å². The average Bonchev–Trinajstić information content (AvgIpc) is 2.53. The molecule has 0 aromatic heterocycles. The number of carbonyl (C=O) groups is 1. The highest BCUT2D eigenvalue weighted by Gasteiger charge is 2.32. The van der Waals surface area contributed by atoms with E-state index in [0.29, 0.717) is 6.54 Å². The maximum Gasteiger partial charge on any atom is 0.244 e. The second-order valence-corrected chi connectivity index (χ2v) is 6.04. The first-order valence-corrected chi connectivity index (χ1v) is 7.85. The fraction of sp³-hybridized carbons (Fsp3) is 0.500. The largest absolute Gasteiger partial charge is 0.388 e. The number of aliphatic hydroxyl groups is 1. The SMILES string of the molecule is CCC1CCC(O)(CNC(=O)C=Cc2ccccc2)CC1. The van der Waals surface area contributed by atoms with Gasteiger partial charge in [0, 0.05) is 12.6 Å². The number of amides is 1. The zero-order valence-electron chi connectivity index (χ0n) is 12.7. The van der Waals surface area contributed by atoms with Gasteiger partial charge in [-0.2, -0.15) is 0 Å². The Labute approximate surface area is 127 Å². The van der Waals surface area contributed by atoms with Crippen molar-refractivity contribution in [3.05, 3.63) is 42.0 Å². The molecule has 3 heteroatoms. The van der Waals surface area contributed by atoms with Crippen LogP contribution in [0.3, 0.4) is 0 Å². The maximum absolute atomic E-state index is 11.8. The van der Waals surface area contributed by atoms with E-state index in [9.17, 15) is 9.90 Å². The van der Waals surface area contributed by atoms with E-state index in [1.54, 1.807) is 6.08 Å². The number of hydrogen-bond donors (Lipinski definition) is 2. The smallest absolute Gasteiger partial charge is 0.244 e. The number of rotatable bonds is 5. The zero-order valence-corrected chi connectivity index (χ0v) is 12.7. The van der Waals surface area contributed by atoms with Gasteiger partial charge in [0.15, 0.2) is 0 Å². The third kappa shape index (κ3) is 5.01. The molecular weight excluding hydrogens is 262 g/mol. The van der Waals surface area contributed by atoms with Gasteiger partial charge < -0.3 is 10.4 Å². The van der Waals surface area contributed by atoms with Gasteiger partial charge in [0.05, 0.1) is 5.60 Å². The third-order valence-corrected chi connectivity index (χ3v) is 4.43. The topological polar surface area (TPSA) is 49.3 Å². The van der Waals surface area contributed by atoms with E-state index in [-0.39, 0.29) is 5.91 Å². The second-order valence-electron chi connectivity index (χ2n) is 6.04. The first kappa shape index (κ1) is 15.8. The molecule has 3 nitrogen and oxygen atoms in total. The van der Waals surface area contributed by atoms with E-state index in [1.165, 1.54) is 12.5 Å². The maximum atomic E-state index is 11.8. The fourth-order valence-corrected chi connectivity index (χ4v) is 2.85. The predicted octanol–water partition coefficient (Wildman–Crippen LogP) is 3.15. The molecule has 0 radical (unpaired) electrons. The molecule has 1 aliphatic rings. The Kier molecular flexibility index (Phi) is 5.57. The lowest BCUT2D eigenvalue weighted by Gasteiger charge is -2.35. The molecule has 0 unspecified atom stereocenters. The molecule has 114 valence electrons. The van der Waals surface area contributed by atoms with Gasteiger partial charge in [0.1, 0.15) is 0 Å². The zero-order chi connectivity index (χ0) is 15.1. The van der Waals surface area contributed by atoms with Crippen molar-refractivity contribution in [3.63, 3.8) is 0 Å². The molecule has 21 heavy (non-hydrogen) atoms. The van der Waals surface area contributed by atoms with Crippen LogP contribution in [0.25, 0.3) is 6.08 Å². The first-order valence-electron chi connectivity index (χ1n) is 7.85. The minimum atomic E-state index is -0.720. The summed E-state index contributed by atoms with van der Waals surface area (Å²) in [5.41, 5.74) is 0.275. The summed E-state index contributed by atoms with van der Waals surface area (Å²) in [4.78, 5) is 11.8. The number of nitrogens with one attached hydrogen (secondary N) is 1. The van der Waals surface area contributed by atoms with Gasteiger partial charge in [-0.25, -0.2) is 0 Å². The van der Waals surface area contributed by atoms with Crippen molar-refractivity contribution in [2.75, 3.05) is 6.54 Å². The molecule has 1 aromatic carbocycles. The van der Waals surface area contributed by atoms with Crippen LogP contribution in [0.15, 0.2) is 36.4 Å². The highest BCUT2D eigenvalue weighted by Crippen LogP contribution is 2.33.